The summed E-state index contributed by atoms with van der Waals surface area (Å²) in [7, 11) is 0. The average molecular weight is 324 g/mol. The van der Waals surface area contributed by atoms with Gasteiger partial charge in [-0.25, -0.2) is 0 Å². The molecule has 3 rings (SSSR count). The van der Waals surface area contributed by atoms with Gasteiger partial charge < -0.3 is 14.5 Å². The van der Waals surface area contributed by atoms with Crippen molar-refractivity contribution < 1.29 is 14.3 Å². The first-order chi connectivity index (χ1) is 11.2. The lowest BCUT2D eigenvalue weighted by molar-refractivity contribution is -0.136. The van der Waals surface area contributed by atoms with Gasteiger partial charge >= 0.3 is 0 Å². The van der Waals surface area contributed by atoms with E-state index >= 15 is 0 Å². The third-order valence-electron chi connectivity index (χ3n) is 5.01. The fourth-order valence-electron chi connectivity index (χ4n) is 3.46. The van der Waals surface area contributed by atoms with Gasteiger partial charge in [0.25, 0.3) is 0 Å². The fraction of sp³-hybridized carbons (Fsp3) is 0.875. The number of carbonyl (C=O) groups is 2. The Labute approximate surface area is 138 Å². The smallest absolute Gasteiger partial charge is 0.236 e. The molecule has 0 aliphatic carbocycles. The van der Waals surface area contributed by atoms with Crippen LogP contribution in [0.3, 0.4) is 0 Å². The van der Waals surface area contributed by atoms with Crippen LogP contribution in [0.2, 0.25) is 0 Å². The van der Waals surface area contributed by atoms with Crippen molar-refractivity contribution in [3.8, 4) is 0 Å². The summed E-state index contributed by atoms with van der Waals surface area (Å²) in [5, 5.41) is 0. The van der Waals surface area contributed by atoms with Gasteiger partial charge in [-0.2, -0.15) is 0 Å². The van der Waals surface area contributed by atoms with Crippen LogP contribution in [0.1, 0.15) is 12.8 Å². The van der Waals surface area contributed by atoms with Crippen molar-refractivity contribution in [2.45, 2.75) is 12.8 Å². The van der Waals surface area contributed by atoms with Crippen molar-refractivity contribution in [2.75, 3.05) is 78.7 Å². The molecule has 3 fully saturated rings. The molecule has 3 saturated heterocycles. The lowest BCUT2D eigenvalue weighted by Crippen LogP contribution is -2.53. The first kappa shape index (κ1) is 16.7. The molecule has 0 unspecified atom stereocenters. The van der Waals surface area contributed by atoms with Crippen LogP contribution in [-0.4, -0.2) is 110 Å². The number of carbonyl (C=O) groups excluding carboxylic acids is 2. The molecule has 2 amide bonds. The Morgan fingerprint density at radius 2 is 1.13 bits per heavy atom. The Morgan fingerprint density at radius 1 is 0.652 bits per heavy atom. The van der Waals surface area contributed by atoms with Crippen LogP contribution in [0, 0.1) is 0 Å². The third-order valence-corrected chi connectivity index (χ3v) is 5.01. The molecule has 0 saturated carbocycles. The van der Waals surface area contributed by atoms with E-state index in [0.717, 1.165) is 78.4 Å². The third kappa shape index (κ3) is 4.65. The number of amides is 2. The summed E-state index contributed by atoms with van der Waals surface area (Å²) < 4.78 is 5.31. The first-order valence-electron chi connectivity index (χ1n) is 8.80. The zero-order valence-electron chi connectivity index (χ0n) is 13.9. The molecule has 23 heavy (non-hydrogen) atoms. The van der Waals surface area contributed by atoms with Crippen molar-refractivity contribution >= 4 is 11.8 Å². The van der Waals surface area contributed by atoms with E-state index in [0.29, 0.717) is 13.1 Å². The van der Waals surface area contributed by atoms with Gasteiger partial charge in [0.15, 0.2) is 0 Å². The Hall–Kier alpha value is -1.18. The van der Waals surface area contributed by atoms with E-state index in [1.54, 1.807) is 0 Å². The summed E-state index contributed by atoms with van der Waals surface area (Å²) >= 11 is 0. The van der Waals surface area contributed by atoms with Crippen LogP contribution in [0.25, 0.3) is 0 Å². The topological polar surface area (TPSA) is 56.3 Å². The molecule has 7 heteroatoms. The minimum absolute atomic E-state index is 0.206. The summed E-state index contributed by atoms with van der Waals surface area (Å²) in [6.45, 7) is 9.02. The molecular formula is C16H28N4O3. The molecule has 0 atom stereocenters. The summed E-state index contributed by atoms with van der Waals surface area (Å²) in [5.74, 6) is 0.452. The van der Waals surface area contributed by atoms with Gasteiger partial charge in [-0.05, 0) is 12.8 Å². The van der Waals surface area contributed by atoms with E-state index in [9.17, 15) is 9.59 Å². The van der Waals surface area contributed by atoms with Gasteiger partial charge in [-0.15, -0.1) is 0 Å². The van der Waals surface area contributed by atoms with E-state index in [2.05, 4.69) is 9.80 Å². The van der Waals surface area contributed by atoms with Crippen LogP contribution in [0.5, 0.6) is 0 Å². The van der Waals surface area contributed by atoms with Gasteiger partial charge in [0, 0.05) is 52.4 Å². The number of hydrogen-bond donors (Lipinski definition) is 0. The number of likely N-dealkylation sites (tertiary alicyclic amines) is 1. The van der Waals surface area contributed by atoms with Crippen LogP contribution >= 0.6 is 0 Å². The monoisotopic (exact) mass is 324 g/mol. The van der Waals surface area contributed by atoms with Crippen LogP contribution in [0.4, 0.5) is 0 Å². The molecular weight excluding hydrogens is 296 g/mol. The molecule has 3 aliphatic rings. The Kier molecular flexibility index (Phi) is 5.85. The summed E-state index contributed by atoms with van der Waals surface area (Å²) in [4.78, 5) is 32.8. The summed E-state index contributed by atoms with van der Waals surface area (Å²) in [6.07, 6.45) is 2.27. The maximum Gasteiger partial charge on any atom is 0.236 e. The van der Waals surface area contributed by atoms with Gasteiger partial charge in [-0.1, -0.05) is 0 Å². The predicted molar refractivity (Wildman–Crippen MR) is 86.1 cm³/mol. The second kappa shape index (κ2) is 8.08. The average Bonchev–Trinajstić information content (AvgIpc) is 3.11. The van der Waals surface area contributed by atoms with Gasteiger partial charge in [0.05, 0.1) is 26.3 Å². The highest BCUT2D eigenvalue weighted by Crippen LogP contribution is 2.10. The predicted octanol–water partition coefficient (Wildman–Crippen LogP) is -0.915. The molecule has 0 radical (unpaired) electrons. The quantitative estimate of drug-likeness (QED) is 0.670. The van der Waals surface area contributed by atoms with Gasteiger partial charge in [0.2, 0.25) is 11.8 Å². The van der Waals surface area contributed by atoms with E-state index in [1.807, 2.05) is 9.80 Å². The lowest BCUT2D eigenvalue weighted by Gasteiger charge is -2.36. The molecule has 0 N–H and O–H groups in total. The number of rotatable bonds is 4. The van der Waals surface area contributed by atoms with Crippen molar-refractivity contribution in [1.82, 2.24) is 19.6 Å². The van der Waals surface area contributed by atoms with E-state index in [1.165, 1.54) is 0 Å². The number of nitrogens with zero attached hydrogens (tertiary/aromatic N) is 4. The highest BCUT2D eigenvalue weighted by atomic mass is 16.5. The van der Waals surface area contributed by atoms with Crippen LogP contribution in [-0.2, 0) is 14.3 Å². The molecule has 3 heterocycles. The normalized spacial score (nSPS) is 24.2. The first-order valence-corrected chi connectivity index (χ1v) is 8.80. The zero-order chi connectivity index (χ0) is 16.1. The molecule has 0 spiro atoms. The minimum Gasteiger partial charge on any atom is -0.379 e. The molecule has 130 valence electrons. The summed E-state index contributed by atoms with van der Waals surface area (Å²) in [6, 6.07) is 0. The van der Waals surface area contributed by atoms with Crippen molar-refractivity contribution in [3.63, 3.8) is 0 Å². The SMILES string of the molecule is O=C(CN1CCN(C(=O)CN2CCOCC2)CC1)N1CCCC1. The Morgan fingerprint density at radius 3 is 1.70 bits per heavy atom. The van der Waals surface area contributed by atoms with Crippen molar-refractivity contribution in [3.05, 3.63) is 0 Å². The highest BCUT2D eigenvalue weighted by Gasteiger charge is 2.26. The molecule has 3 aliphatic heterocycles. The van der Waals surface area contributed by atoms with Crippen molar-refractivity contribution in [2.24, 2.45) is 0 Å². The Bertz CT molecular complexity index is 412. The van der Waals surface area contributed by atoms with Crippen LogP contribution in [0.15, 0.2) is 0 Å². The number of ether oxygens (including phenoxy) is 1. The lowest BCUT2D eigenvalue weighted by atomic mass is 10.3. The van der Waals surface area contributed by atoms with Gasteiger partial charge in [-0.3, -0.25) is 19.4 Å². The van der Waals surface area contributed by atoms with E-state index in [-0.39, 0.29) is 11.8 Å². The fourth-order valence-corrected chi connectivity index (χ4v) is 3.46. The van der Waals surface area contributed by atoms with E-state index < -0.39 is 0 Å². The Balaban J connectivity index is 1.37. The molecule has 7 nitrogen and oxygen atoms in total. The number of morpholine rings is 1. The second-order valence-electron chi connectivity index (χ2n) is 6.63. The van der Waals surface area contributed by atoms with E-state index in [4.69, 9.17) is 4.74 Å². The maximum absolute atomic E-state index is 12.4. The van der Waals surface area contributed by atoms with Crippen LogP contribution < -0.4 is 0 Å². The highest BCUT2D eigenvalue weighted by molar-refractivity contribution is 5.79. The largest absolute Gasteiger partial charge is 0.379 e. The van der Waals surface area contributed by atoms with Gasteiger partial charge in [0.1, 0.15) is 0 Å². The number of piperazine rings is 1. The minimum atomic E-state index is 0.206. The second-order valence-corrected chi connectivity index (χ2v) is 6.63. The standard InChI is InChI=1S/C16H28N4O3/c21-15(19-3-1-2-4-19)13-17-5-7-20(8-6-17)16(22)14-18-9-11-23-12-10-18/h1-14H2. The molecule has 0 bridgehead atoms. The molecule has 0 aromatic rings. The molecule has 0 aromatic carbocycles. The maximum atomic E-state index is 12.4. The summed E-state index contributed by atoms with van der Waals surface area (Å²) in [5.41, 5.74) is 0. The van der Waals surface area contributed by atoms with Crippen molar-refractivity contribution in [1.29, 1.82) is 0 Å². The number of hydrogen-bond acceptors (Lipinski definition) is 5. The zero-order valence-corrected chi connectivity index (χ0v) is 13.9. The molecule has 0 aromatic heterocycles.